The molecule has 0 spiro atoms. The van der Waals surface area contributed by atoms with E-state index in [1.807, 2.05) is 20.8 Å². The molecule has 1 aliphatic rings. The molecule has 0 amide bonds. The van der Waals surface area contributed by atoms with Crippen molar-refractivity contribution in [2.45, 2.75) is 32.2 Å². The summed E-state index contributed by atoms with van der Waals surface area (Å²) in [6.07, 6.45) is 1.49. The molecule has 2 heterocycles. The standard InChI is InChI=1S/C16H17FN4O2/c1-16(2,3)14-19-15(20-23-14)21-8-12(18-9-21)13(22)10-6-4-5-7-11(10)17/h4-7,9,12H,8H2,1-3H3. The van der Waals surface area contributed by atoms with Gasteiger partial charge in [-0.25, -0.2) is 4.39 Å². The molecule has 3 rings (SSSR count). The van der Waals surface area contributed by atoms with Gasteiger partial charge in [0.05, 0.1) is 18.4 Å². The van der Waals surface area contributed by atoms with Crippen molar-refractivity contribution in [2.24, 2.45) is 4.99 Å². The highest BCUT2D eigenvalue weighted by Crippen LogP contribution is 2.23. The van der Waals surface area contributed by atoms with E-state index in [0.29, 0.717) is 11.8 Å². The van der Waals surface area contributed by atoms with Crippen LogP contribution in [0.1, 0.15) is 37.0 Å². The van der Waals surface area contributed by atoms with E-state index in [-0.39, 0.29) is 23.3 Å². The Kier molecular flexibility index (Phi) is 3.71. The first-order valence-electron chi connectivity index (χ1n) is 7.29. The lowest BCUT2D eigenvalue weighted by Crippen LogP contribution is -2.29. The van der Waals surface area contributed by atoms with Crippen molar-refractivity contribution in [2.75, 3.05) is 11.4 Å². The third-order valence-corrected chi connectivity index (χ3v) is 3.51. The number of anilines is 1. The third kappa shape index (κ3) is 2.99. The molecular formula is C16H17FN4O2. The number of carbonyl (C=O) groups is 1. The Labute approximate surface area is 133 Å². The summed E-state index contributed by atoms with van der Waals surface area (Å²) in [5, 5.41) is 3.91. The molecule has 1 aromatic heterocycles. The molecule has 0 N–H and O–H groups in total. The highest BCUT2D eigenvalue weighted by atomic mass is 19.1. The van der Waals surface area contributed by atoms with Crippen LogP contribution in [0.4, 0.5) is 10.3 Å². The van der Waals surface area contributed by atoms with E-state index >= 15 is 0 Å². The molecule has 0 radical (unpaired) electrons. The van der Waals surface area contributed by atoms with Crippen molar-refractivity contribution in [3.05, 3.63) is 41.5 Å². The van der Waals surface area contributed by atoms with E-state index < -0.39 is 11.9 Å². The van der Waals surface area contributed by atoms with Gasteiger partial charge in [0, 0.05) is 5.41 Å². The predicted octanol–water partition coefficient (Wildman–Crippen LogP) is 2.61. The van der Waals surface area contributed by atoms with Crippen LogP contribution in [0.25, 0.3) is 0 Å². The third-order valence-electron chi connectivity index (χ3n) is 3.51. The van der Waals surface area contributed by atoms with Crippen molar-refractivity contribution in [1.82, 2.24) is 10.1 Å². The Bertz CT molecular complexity index is 763. The number of ketones is 1. The zero-order chi connectivity index (χ0) is 16.6. The molecule has 0 fully saturated rings. The van der Waals surface area contributed by atoms with Crippen molar-refractivity contribution in [3.63, 3.8) is 0 Å². The highest BCUT2D eigenvalue weighted by molar-refractivity contribution is 6.03. The van der Waals surface area contributed by atoms with E-state index in [4.69, 9.17) is 4.52 Å². The van der Waals surface area contributed by atoms with E-state index in [1.165, 1.54) is 18.5 Å². The summed E-state index contributed by atoms with van der Waals surface area (Å²) >= 11 is 0. The Morgan fingerprint density at radius 2 is 2.09 bits per heavy atom. The number of carbonyl (C=O) groups excluding carboxylic acids is 1. The van der Waals surface area contributed by atoms with Gasteiger partial charge in [-0.1, -0.05) is 32.9 Å². The summed E-state index contributed by atoms with van der Waals surface area (Å²) in [5.41, 5.74) is -0.218. The number of hydrogen-bond acceptors (Lipinski definition) is 6. The van der Waals surface area contributed by atoms with Crippen LogP contribution >= 0.6 is 0 Å². The largest absolute Gasteiger partial charge is 0.337 e. The maximum absolute atomic E-state index is 13.7. The zero-order valence-electron chi connectivity index (χ0n) is 13.2. The van der Waals surface area contributed by atoms with E-state index in [0.717, 1.165) is 0 Å². The second kappa shape index (κ2) is 5.57. The van der Waals surface area contributed by atoms with Gasteiger partial charge in [-0.3, -0.25) is 14.7 Å². The lowest BCUT2D eigenvalue weighted by atomic mass is 9.97. The minimum Gasteiger partial charge on any atom is -0.337 e. The topological polar surface area (TPSA) is 71.6 Å². The number of aromatic nitrogens is 2. The van der Waals surface area contributed by atoms with Crippen LogP contribution in [-0.4, -0.2) is 34.8 Å². The van der Waals surface area contributed by atoms with Gasteiger partial charge in [0.25, 0.3) is 5.95 Å². The number of rotatable bonds is 3. The van der Waals surface area contributed by atoms with Gasteiger partial charge in [-0.15, -0.1) is 0 Å². The molecule has 0 aliphatic carbocycles. The fraction of sp³-hybridized carbons (Fsp3) is 0.375. The lowest BCUT2D eigenvalue weighted by molar-refractivity contribution is 0.0964. The molecule has 1 atom stereocenters. The van der Waals surface area contributed by atoms with Crippen LogP contribution in [0.2, 0.25) is 0 Å². The van der Waals surface area contributed by atoms with E-state index in [9.17, 15) is 9.18 Å². The van der Waals surface area contributed by atoms with Crippen LogP contribution in [0.15, 0.2) is 33.8 Å². The second-order valence-corrected chi connectivity index (χ2v) is 6.43. The predicted molar refractivity (Wildman–Crippen MR) is 83.4 cm³/mol. The SMILES string of the molecule is CC(C)(C)c1nc(N2C=NC(C(=O)c3ccccc3F)C2)no1. The van der Waals surface area contributed by atoms with Crippen LogP contribution in [0, 0.1) is 5.82 Å². The van der Waals surface area contributed by atoms with Crippen LogP contribution in [0.3, 0.4) is 0 Å². The van der Waals surface area contributed by atoms with Gasteiger partial charge in [0.2, 0.25) is 5.89 Å². The minimum atomic E-state index is -0.677. The number of aliphatic imine (C=N–C) groups is 1. The molecule has 1 aromatic carbocycles. The molecule has 1 unspecified atom stereocenters. The second-order valence-electron chi connectivity index (χ2n) is 6.43. The van der Waals surface area contributed by atoms with Gasteiger partial charge in [-0.2, -0.15) is 4.98 Å². The first kappa shape index (κ1) is 15.3. The van der Waals surface area contributed by atoms with Crippen LogP contribution in [0.5, 0.6) is 0 Å². The average Bonchev–Trinajstić information content (AvgIpc) is 3.15. The van der Waals surface area contributed by atoms with Gasteiger partial charge in [0.15, 0.2) is 5.78 Å². The van der Waals surface area contributed by atoms with Crippen molar-refractivity contribution in [3.8, 4) is 0 Å². The molecule has 1 aliphatic heterocycles. The van der Waals surface area contributed by atoms with Crippen LogP contribution in [-0.2, 0) is 5.41 Å². The first-order chi connectivity index (χ1) is 10.9. The first-order valence-corrected chi connectivity index (χ1v) is 7.29. The molecule has 120 valence electrons. The Morgan fingerprint density at radius 1 is 1.35 bits per heavy atom. The Balaban J connectivity index is 1.74. The normalized spacial score (nSPS) is 17.7. The van der Waals surface area contributed by atoms with E-state index in [1.54, 1.807) is 17.0 Å². The van der Waals surface area contributed by atoms with Crippen molar-refractivity contribution >= 4 is 18.1 Å². The maximum Gasteiger partial charge on any atom is 0.271 e. The van der Waals surface area contributed by atoms with Gasteiger partial charge >= 0.3 is 0 Å². The van der Waals surface area contributed by atoms with Gasteiger partial charge in [0.1, 0.15) is 11.9 Å². The molecule has 0 saturated heterocycles. The van der Waals surface area contributed by atoms with Gasteiger partial charge < -0.3 is 4.52 Å². The molecule has 0 bridgehead atoms. The van der Waals surface area contributed by atoms with Crippen molar-refractivity contribution < 1.29 is 13.7 Å². The number of benzene rings is 1. The number of hydrogen-bond donors (Lipinski definition) is 0. The fourth-order valence-electron chi connectivity index (χ4n) is 2.20. The molecule has 0 saturated carbocycles. The van der Waals surface area contributed by atoms with Gasteiger partial charge in [-0.05, 0) is 17.3 Å². The molecule has 2 aromatic rings. The quantitative estimate of drug-likeness (QED) is 0.814. The molecule has 7 heteroatoms. The average molecular weight is 316 g/mol. The summed E-state index contributed by atoms with van der Waals surface area (Å²) in [6, 6.07) is 5.22. The lowest BCUT2D eigenvalue weighted by Gasteiger charge is -2.12. The fourth-order valence-corrected chi connectivity index (χ4v) is 2.20. The van der Waals surface area contributed by atoms with Crippen molar-refractivity contribution in [1.29, 1.82) is 0 Å². The minimum absolute atomic E-state index is 0.0417. The number of halogens is 1. The molecule has 6 nitrogen and oxygen atoms in total. The summed E-state index contributed by atoms with van der Waals surface area (Å²) in [4.78, 5) is 22.5. The monoisotopic (exact) mass is 316 g/mol. The molecular weight excluding hydrogens is 299 g/mol. The zero-order valence-corrected chi connectivity index (χ0v) is 13.2. The summed E-state index contributed by atoms with van der Waals surface area (Å²) in [6.45, 7) is 6.16. The number of nitrogens with zero attached hydrogens (tertiary/aromatic N) is 4. The van der Waals surface area contributed by atoms with Crippen LogP contribution < -0.4 is 4.90 Å². The highest BCUT2D eigenvalue weighted by Gasteiger charge is 2.31. The summed E-state index contributed by atoms with van der Waals surface area (Å²) in [5.74, 6) is -0.0468. The maximum atomic E-state index is 13.7. The Morgan fingerprint density at radius 3 is 2.74 bits per heavy atom. The molecule has 23 heavy (non-hydrogen) atoms. The summed E-state index contributed by atoms with van der Waals surface area (Å²) < 4.78 is 19.0. The Hall–Kier alpha value is -2.57. The summed E-state index contributed by atoms with van der Waals surface area (Å²) in [7, 11) is 0. The number of Topliss-reactive ketones (excluding diaryl/α,β-unsaturated/α-hetero) is 1. The van der Waals surface area contributed by atoms with E-state index in [2.05, 4.69) is 15.1 Å². The smallest absolute Gasteiger partial charge is 0.271 e.